The lowest BCUT2D eigenvalue weighted by Crippen LogP contribution is -2.27. The molecule has 2 aromatic carbocycles. The van der Waals surface area contributed by atoms with Gasteiger partial charge in [0.2, 0.25) is 10.0 Å². The molecule has 0 saturated carbocycles. The van der Waals surface area contributed by atoms with Crippen LogP contribution in [0.25, 0.3) is 0 Å². The van der Waals surface area contributed by atoms with Crippen LogP contribution in [0.3, 0.4) is 0 Å². The smallest absolute Gasteiger partial charge is 0.337 e. The number of sulfonamides is 1. The molecule has 2 rings (SSSR count). The van der Waals surface area contributed by atoms with Crippen molar-refractivity contribution in [3.05, 3.63) is 64.7 Å². The van der Waals surface area contributed by atoms with E-state index in [-0.39, 0.29) is 22.4 Å². The maximum Gasteiger partial charge on any atom is 0.337 e. The van der Waals surface area contributed by atoms with E-state index in [1.165, 1.54) is 30.1 Å². The maximum atomic E-state index is 13.0. The zero-order chi connectivity index (χ0) is 20.4. The highest BCUT2D eigenvalue weighted by Gasteiger charge is 2.24. The molecule has 0 bridgehead atoms. The summed E-state index contributed by atoms with van der Waals surface area (Å²) in [7, 11) is -0.939. The van der Waals surface area contributed by atoms with E-state index in [0.717, 1.165) is 5.56 Å². The lowest BCUT2D eigenvalue weighted by molar-refractivity contribution is 0.0600. The van der Waals surface area contributed by atoms with Gasteiger partial charge in [-0.3, -0.25) is 0 Å². The van der Waals surface area contributed by atoms with Crippen molar-refractivity contribution < 1.29 is 17.9 Å². The fraction of sp³-hybridized carbons (Fsp3) is 0.381. The molecule has 0 unspecified atom stereocenters. The van der Waals surface area contributed by atoms with Crippen LogP contribution in [-0.2, 0) is 26.7 Å². The molecule has 0 aliphatic heterocycles. The number of benzene rings is 2. The van der Waals surface area contributed by atoms with Crippen LogP contribution in [0.1, 0.15) is 47.8 Å². The highest BCUT2D eigenvalue weighted by atomic mass is 32.2. The van der Waals surface area contributed by atoms with Crippen molar-refractivity contribution in [1.82, 2.24) is 4.31 Å². The van der Waals surface area contributed by atoms with E-state index in [2.05, 4.69) is 20.8 Å². The molecule has 0 aromatic heterocycles. The predicted molar refractivity (Wildman–Crippen MR) is 106 cm³/mol. The van der Waals surface area contributed by atoms with Crippen LogP contribution >= 0.6 is 0 Å². The fourth-order valence-electron chi connectivity index (χ4n) is 2.74. The van der Waals surface area contributed by atoms with Gasteiger partial charge in [-0.2, -0.15) is 4.31 Å². The van der Waals surface area contributed by atoms with E-state index in [1.807, 2.05) is 24.3 Å². The normalized spacial score (nSPS) is 12.3. The van der Waals surface area contributed by atoms with E-state index < -0.39 is 16.0 Å². The third kappa shape index (κ3) is 4.76. The Hall–Kier alpha value is -2.18. The minimum Gasteiger partial charge on any atom is -0.465 e. The van der Waals surface area contributed by atoms with Crippen molar-refractivity contribution in [1.29, 1.82) is 0 Å². The van der Waals surface area contributed by atoms with E-state index in [9.17, 15) is 13.2 Å². The van der Waals surface area contributed by atoms with Crippen molar-refractivity contribution in [2.75, 3.05) is 14.2 Å². The van der Waals surface area contributed by atoms with Crippen LogP contribution in [0.2, 0.25) is 0 Å². The summed E-state index contributed by atoms with van der Waals surface area (Å²) in [6.07, 6.45) is 0. The third-order valence-electron chi connectivity index (χ3n) is 4.52. The summed E-state index contributed by atoms with van der Waals surface area (Å²) in [4.78, 5) is 11.9. The molecule has 0 radical (unpaired) electrons. The molecule has 0 aliphatic carbocycles. The summed E-state index contributed by atoms with van der Waals surface area (Å²) < 4.78 is 32.0. The number of hydrogen-bond acceptors (Lipinski definition) is 4. The molecule has 0 spiro atoms. The predicted octanol–water partition coefficient (Wildman–Crippen LogP) is 3.90. The molecule has 0 fully saturated rings. The van der Waals surface area contributed by atoms with Gasteiger partial charge in [0, 0.05) is 13.6 Å². The second kappa shape index (κ2) is 7.82. The van der Waals surface area contributed by atoms with Crippen LogP contribution in [0, 0.1) is 6.92 Å². The van der Waals surface area contributed by atoms with Crippen LogP contribution in [0.15, 0.2) is 47.4 Å². The van der Waals surface area contributed by atoms with E-state index in [0.29, 0.717) is 5.56 Å². The minimum absolute atomic E-state index is 0.0436. The molecule has 6 heteroatoms. The van der Waals surface area contributed by atoms with Crippen LogP contribution in [-0.4, -0.2) is 32.8 Å². The molecule has 0 saturated heterocycles. The van der Waals surface area contributed by atoms with Gasteiger partial charge in [0.05, 0.1) is 17.6 Å². The summed E-state index contributed by atoms with van der Waals surface area (Å²) in [6, 6.07) is 12.5. The number of esters is 1. The van der Waals surface area contributed by atoms with Gasteiger partial charge in [-0.1, -0.05) is 51.1 Å². The Labute approximate surface area is 162 Å². The van der Waals surface area contributed by atoms with Crippen molar-refractivity contribution >= 4 is 16.0 Å². The second-order valence-corrected chi connectivity index (χ2v) is 9.69. The highest BCUT2D eigenvalue weighted by molar-refractivity contribution is 7.89. The van der Waals surface area contributed by atoms with E-state index >= 15 is 0 Å². The first-order chi connectivity index (χ1) is 12.5. The molecule has 27 heavy (non-hydrogen) atoms. The Morgan fingerprint density at radius 3 is 2.19 bits per heavy atom. The lowest BCUT2D eigenvalue weighted by atomic mass is 9.87. The summed E-state index contributed by atoms with van der Waals surface area (Å²) in [5.41, 5.74) is 2.93. The summed E-state index contributed by atoms with van der Waals surface area (Å²) in [6.45, 7) is 8.36. The Kier molecular flexibility index (Phi) is 6.12. The van der Waals surface area contributed by atoms with Gasteiger partial charge in [-0.15, -0.1) is 0 Å². The van der Waals surface area contributed by atoms with Crippen molar-refractivity contribution in [3.63, 3.8) is 0 Å². The molecule has 0 aliphatic rings. The highest BCUT2D eigenvalue weighted by Crippen LogP contribution is 2.25. The first kappa shape index (κ1) is 21.1. The van der Waals surface area contributed by atoms with Gasteiger partial charge in [0.1, 0.15) is 0 Å². The first-order valence-electron chi connectivity index (χ1n) is 8.71. The van der Waals surface area contributed by atoms with Crippen molar-refractivity contribution in [3.8, 4) is 0 Å². The van der Waals surface area contributed by atoms with E-state index in [4.69, 9.17) is 4.74 Å². The number of ether oxygens (including phenoxy) is 1. The standard InChI is InChI=1S/C21H27NO4S/c1-15-7-10-17(20(23)26-6)13-19(15)27(24,25)22(5)14-16-8-11-18(12-9-16)21(2,3)4/h7-13H,14H2,1-6H3. The Balaban J connectivity index is 2.30. The largest absolute Gasteiger partial charge is 0.465 e. The van der Waals surface area contributed by atoms with Gasteiger partial charge < -0.3 is 4.74 Å². The number of carbonyl (C=O) groups excluding carboxylic acids is 1. The third-order valence-corrected chi connectivity index (χ3v) is 6.47. The van der Waals surface area contributed by atoms with Crippen molar-refractivity contribution in [2.45, 2.75) is 44.6 Å². The van der Waals surface area contributed by atoms with Gasteiger partial charge in [-0.25, -0.2) is 13.2 Å². The number of carbonyl (C=O) groups is 1. The number of aryl methyl sites for hydroxylation is 1. The number of rotatable bonds is 5. The SMILES string of the molecule is COC(=O)c1ccc(C)c(S(=O)(=O)N(C)Cc2ccc(C(C)(C)C)cc2)c1. The Morgan fingerprint density at radius 1 is 1.07 bits per heavy atom. The molecule has 0 atom stereocenters. The molecular formula is C21H27NO4S. The number of nitrogens with zero attached hydrogens (tertiary/aromatic N) is 1. The first-order valence-corrected chi connectivity index (χ1v) is 10.2. The molecule has 5 nitrogen and oxygen atoms in total. The summed E-state index contributed by atoms with van der Waals surface area (Å²) >= 11 is 0. The Bertz CT molecular complexity index is 926. The molecule has 0 heterocycles. The van der Waals surface area contributed by atoms with Crippen molar-refractivity contribution in [2.24, 2.45) is 0 Å². The average molecular weight is 390 g/mol. The molecular weight excluding hydrogens is 362 g/mol. The van der Waals surface area contributed by atoms with Crippen LogP contribution in [0.5, 0.6) is 0 Å². The van der Waals surface area contributed by atoms with Crippen LogP contribution in [0.4, 0.5) is 0 Å². The number of methoxy groups -OCH3 is 1. The molecule has 2 aromatic rings. The number of hydrogen-bond donors (Lipinski definition) is 0. The summed E-state index contributed by atoms with van der Waals surface area (Å²) in [5, 5.41) is 0. The minimum atomic E-state index is -3.75. The topological polar surface area (TPSA) is 63.7 Å². The van der Waals surface area contributed by atoms with Gasteiger partial charge in [-0.05, 0) is 41.2 Å². The second-order valence-electron chi connectivity index (χ2n) is 7.68. The van der Waals surface area contributed by atoms with Gasteiger partial charge in [0.15, 0.2) is 0 Å². The zero-order valence-electron chi connectivity index (χ0n) is 16.7. The molecule has 0 amide bonds. The molecule has 146 valence electrons. The average Bonchev–Trinajstić information content (AvgIpc) is 2.60. The van der Waals surface area contributed by atoms with E-state index in [1.54, 1.807) is 19.1 Å². The monoisotopic (exact) mass is 389 g/mol. The zero-order valence-corrected chi connectivity index (χ0v) is 17.6. The Morgan fingerprint density at radius 2 is 1.67 bits per heavy atom. The lowest BCUT2D eigenvalue weighted by Gasteiger charge is -2.21. The fourth-order valence-corrected chi connectivity index (χ4v) is 4.15. The maximum absolute atomic E-state index is 13.0. The van der Waals surface area contributed by atoms with Gasteiger partial charge in [0.25, 0.3) is 0 Å². The van der Waals surface area contributed by atoms with Gasteiger partial charge >= 0.3 is 5.97 Å². The van der Waals surface area contributed by atoms with Crippen LogP contribution < -0.4 is 0 Å². The molecule has 0 N–H and O–H groups in total. The summed E-state index contributed by atoms with van der Waals surface area (Å²) in [5.74, 6) is -0.563. The quantitative estimate of drug-likeness (QED) is 0.728.